The lowest BCUT2D eigenvalue weighted by molar-refractivity contribution is 1.07. The van der Waals surface area contributed by atoms with Crippen LogP contribution in [0.4, 0.5) is 0 Å². The van der Waals surface area contributed by atoms with Gasteiger partial charge < -0.3 is 0 Å². The summed E-state index contributed by atoms with van der Waals surface area (Å²) in [6, 6.07) is 32.3. The molecule has 0 N–H and O–H groups in total. The Labute approximate surface area is 181 Å². The fraction of sp³-hybridized carbons (Fsp3) is 0.0370. The third-order valence-electron chi connectivity index (χ3n) is 5.03. The molecule has 0 aliphatic heterocycles. The van der Waals surface area contributed by atoms with Crippen molar-refractivity contribution in [1.29, 1.82) is 0 Å². The van der Waals surface area contributed by atoms with Crippen LogP contribution in [0.15, 0.2) is 103 Å². The Morgan fingerprint density at radius 1 is 0.484 bits per heavy atom. The fourth-order valence-electron chi connectivity index (χ4n) is 3.45. The molecule has 0 unspecified atom stereocenters. The minimum Gasteiger partial charge on any atom is -0.256 e. The summed E-state index contributed by atoms with van der Waals surface area (Å²) in [5, 5.41) is 0. The summed E-state index contributed by atoms with van der Waals surface area (Å²) in [6.45, 7) is 2.07. The lowest BCUT2D eigenvalue weighted by Gasteiger charge is -2.09. The van der Waals surface area contributed by atoms with Gasteiger partial charge in [0.2, 0.25) is 0 Å². The second-order valence-electron chi connectivity index (χ2n) is 7.34. The molecule has 0 atom stereocenters. The number of benzene rings is 3. The summed E-state index contributed by atoms with van der Waals surface area (Å²) in [5.74, 6) is 1.95. The first kappa shape index (κ1) is 18.8. The zero-order valence-corrected chi connectivity index (χ0v) is 17.1. The van der Waals surface area contributed by atoms with Gasteiger partial charge in [0.15, 0.2) is 17.5 Å². The van der Waals surface area contributed by atoms with Crippen LogP contribution >= 0.6 is 0 Å². The Hall–Kier alpha value is -4.18. The molecule has 0 fully saturated rings. The minimum atomic E-state index is 0.641. The fourth-order valence-corrected chi connectivity index (χ4v) is 3.45. The lowest BCUT2D eigenvalue weighted by Crippen LogP contribution is -2.00. The van der Waals surface area contributed by atoms with Gasteiger partial charge in [-0.15, -0.1) is 0 Å². The highest BCUT2D eigenvalue weighted by molar-refractivity contribution is 5.71. The first-order valence-corrected chi connectivity index (χ1v) is 10.2. The van der Waals surface area contributed by atoms with Crippen LogP contribution in [0.3, 0.4) is 0 Å². The van der Waals surface area contributed by atoms with Crippen molar-refractivity contribution < 1.29 is 0 Å². The standard InChI is InChI=1S/C27H20N4/c1-19-15-16-28-24(17-19)22-13-8-14-23(18-22)27-30-25(20-9-4-2-5-10-20)29-26(31-27)21-11-6-3-7-12-21/h2-18H,1H3. The van der Waals surface area contributed by atoms with Crippen molar-refractivity contribution in [2.24, 2.45) is 0 Å². The van der Waals surface area contributed by atoms with E-state index in [1.807, 2.05) is 85.1 Å². The van der Waals surface area contributed by atoms with Gasteiger partial charge in [0.1, 0.15) is 0 Å². The largest absolute Gasteiger partial charge is 0.256 e. The predicted octanol–water partition coefficient (Wildman–Crippen LogP) is 6.24. The number of hydrogen-bond donors (Lipinski definition) is 0. The maximum absolute atomic E-state index is 4.81. The van der Waals surface area contributed by atoms with E-state index >= 15 is 0 Å². The molecule has 0 bridgehead atoms. The molecule has 4 heteroatoms. The van der Waals surface area contributed by atoms with Crippen molar-refractivity contribution in [2.75, 3.05) is 0 Å². The average Bonchev–Trinajstić information content (AvgIpc) is 2.85. The van der Waals surface area contributed by atoms with Gasteiger partial charge in [-0.3, -0.25) is 4.98 Å². The molecule has 0 saturated heterocycles. The lowest BCUT2D eigenvalue weighted by atomic mass is 10.1. The molecule has 5 rings (SSSR count). The summed E-state index contributed by atoms with van der Waals surface area (Å²) < 4.78 is 0. The molecular weight excluding hydrogens is 380 g/mol. The summed E-state index contributed by atoms with van der Waals surface area (Å²) in [7, 11) is 0. The van der Waals surface area contributed by atoms with Crippen LogP contribution in [0.25, 0.3) is 45.4 Å². The summed E-state index contributed by atoms with van der Waals surface area (Å²) >= 11 is 0. The molecular formula is C27H20N4. The average molecular weight is 400 g/mol. The van der Waals surface area contributed by atoms with Gasteiger partial charge in [0.25, 0.3) is 0 Å². The van der Waals surface area contributed by atoms with E-state index in [9.17, 15) is 0 Å². The van der Waals surface area contributed by atoms with Crippen LogP contribution in [-0.2, 0) is 0 Å². The van der Waals surface area contributed by atoms with Crippen molar-refractivity contribution in [3.05, 3.63) is 109 Å². The van der Waals surface area contributed by atoms with Gasteiger partial charge in [-0.25, -0.2) is 15.0 Å². The Bertz CT molecular complexity index is 1270. The van der Waals surface area contributed by atoms with Crippen LogP contribution in [0.5, 0.6) is 0 Å². The summed E-state index contributed by atoms with van der Waals surface area (Å²) in [6.07, 6.45) is 1.83. The van der Waals surface area contributed by atoms with Crippen LogP contribution in [0.1, 0.15) is 5.56 Å². The topological polar surface area (TPSA) is 51.6 Å². The quantitative estimate of drug-likeness (QED) is 0.358. The molecule has 0 aliphatic rings. The smallest absolute Gasteiger partial charge is 0.164 e. The highest BCUT2D eigenvalue weighted by Crippen LogP contribution is 2.27. The summed E-state index contributed by atoms with van der Waals surface area (Å²) in [5.41, 5.74) is 5.98. The van der Waals surface area contributed by atoms with Gasteiger partial charge in [-0.1, -0.05) is 78.9 Å². The molecule has 2 heterocycles. The zero-order valence-electron chi connectivity index (χ0n) is 17.1. The van der Waals surface area contributed by atoms with Crippen molar-refractivity contribution in [2.45, 2.75) is 6.92 Å². The molecule has 5 aromatic rings. The number of aryl methyl sites for hydroxylation is 1. The Morgan fingerprint density at radius 2 is 1.00 bits per heavy atom. The molecule has 0 amide bonds. The van der Waals surface area contributed by atoms with Gasteiger partial charge in [0.05, 0.1) is 5.69 Å². The predicted molar refractivity (Wildman–Crippen MR) is 124 cm³/mol. The van der Waals surface area contributed by atoms with Gasteiger partial charge in [-0.05, 0) is 30.7 Å². The molecule has 0 saturated carbocycles. The number of rotatable bonds is 4. The Balaban J connectivity index is 1.66. The van der Waals surface area contributed by atoms with E-state index in [2.05, 4.69) is 30.1 Å². The summed E-state index contributed by atoms with van der Waals surface area (Å²) in [4.78, 5) is 18.9. The first-order chi connectivity index (χ1) is 15.3. The van der Waals surface area contributed by atoms with Crippen molar-refractivity contribution in [3.63, 3.8) is 0 Å². The number of nitrogens with zero attached hydrogens (tertiary/aromatic N) is 4. The van der Waals surface area contributed by atoms with E-state index in [-0.39, 0.29) is 0 Å². The number of aromatic nitrogens is 4. The highest BCUT2D eigenvalue weighted by Gasteiger charge is 2.12. The normalized spacial score (nSPS) is 10.7. The molecule has 0 spiro atoms. The van der Waals surface area contributed by atoms with E-state index in [1.165, 1.54) is 5.56 Å². The van der Waals surface area contributed by atoms with Crippen molar-refractivity contribution >= 4 is 0 Å². The van der Waals surface area contributed by atoms with E-state index < -0.39 is 0 Å². The second-order valence-corrected chi connectivity index (χ2v) is 7.34. The maximum Gasteiger partial charge on any atom is 0.164 e. The van der Waals surface area contributed by atoms with Crippen LogP contribution in [0, 0.1) is 6.92 Å². The molecule has 31 heavy (non-hydrogen) atoms. The van der Waals surface area contributed by atoms with Crippen LogP contribution < -0.4 is 0 Å². The molecule has 0 aliphatic carbocycles. The van der Waals surface area contributed by atoms with E-state index in [0.717, 1.165) is 27.9 Å². The Morgan fingerprint density at radius 3 is 1.58 bits per heavy atom. The zero-order chi connectivity index (χ0) is 21.0. The molecule has 3 aromatic carbocycles. The van der Waals surface area contributed by atoms with Gasteiger partial charge in [-0.2, -0.15) is 0 Å². The minimum absolute atomic E-state index is 0.641. The monoisotopic (exact) mass is 400 g/mol. The number of pyridine rings is 1. The van der Waals surface area contributed by atoms with Crippen molar-refractivity contribution in [1.82, 2.24) is 19.9 Å². The first-order valence-electron chi connectivity index (χ1n) is 10.2. The van der Waals surface area contributed by atoms with E-state index in [1.54, 1.807) is 0 Å². The van der Waals surface area contributed by atoms with Crippen molar-refractivity contribution in [3.8, 4) is 45.4 Å². The Kier molecular flexibility index (Phi) is 5.03. The molecule has 4 nitrogen and oxygen atoms in total. The molecule has 148 valence electrons. The second kappa shape index (κ2) is 8.28. The van der Waals surface area contributed by atoms with Crippen LogP contribution in [0.2, 0.25) is 0 Å². The molecule has 2 aromatic heterocycles. The third-order valence-corrected chi connectivity index (χ3v) is 5.03. The van der Waals surface area contributed by atoms with E-state index in [4.69, 9.17) is 15.0 Å². The SMILES string of the molecule is Cc1ccnc(-c2cccc(-c3nc(-c4ccccc4)nc(-c4ccccc4)n3)c2)c1. The van der Waals surface area contributed by atoms with Gasteiger partial charge >= 0.3 is 0 Å². The molecule has 0 radical (unpaired) electrons. The highest BCUT2D eigenvalue weighted by atomic mass is 15.0. The number of hydrogen-bond acceptors (Lipinski definition) is 4. The van der Waals surface area contributed by atoms with E-state index in [0.29, 0.717) is 17.5 Å². The van der Waals surface area contributed by atoms with Crippen LogP contribution in [-0.4, -0.2) is 19.9 Å². The van der Waals surface area contributed by atoms with Gasteiger partial charge in [0, 0.05) is 28.5 Å². The maximum atomic E-state index is 4.81. The third kappa shape index (κ3) is 4.09.